The second-order valence-electron chi connectivity index (χ2n) is 5.49. The van der Waals surface area contributed by atoms with Gasteiger partial charge in [-0.1, -0.05) is 26.2 Å². The molecule has 2 nitrogen and oxygen atoms in total. The van der Waals surface area contributed by atoms with Gasteiger partial charge in [0.15, 0.2) is 0 Å². The average Bonchev–Trinajstić information content (AvgIpc) is 2.54. The van der Waals surface area contributed by atoms with Crippen molar-refractivity contribution in [1.82, 2.24) is 10.2 Å². The summed E-state index contributed by atoms with van der Waals surface area (Å²) < 4.78 is 0. The summed E-state index contributed by atoms with van der Waals surface area (Å²) in [5.41, 5.74) is 0. The molecule has 0 bridgehead atoms. The molecule has 1 saturated carbocycles. The van der Waals surface area contributed by atoms with Crippen LogP contribution < -0.4 is 5.32 Å². The lowest BCUT2D eigenvalue weighted by Gasteiger charge is -2.33. The molecule has 0 radical (unpaired) electrons. The van der Waals surface area contributed by atoms with E-state index in [4.69, 9.17) is 0 Å². The summed E-state index contributed by atoms with van der Waals surface area (Å²) in [5.74, 6) is 0.922. The number of hydrogen-bond donors (Lipinski definition) is 1. The highest BCUT2D eigenvalue weighted by molar-refractivity contribution is 4.89. The van der Waals surface area contributed by atoms with Gasteiger partial charge in [0.25, 0.3) is 0 Å². The minimum atomic E-state index is 0.748. The first-order valence-electron chi connectivity index (χ1n) is 6.72. The summed E-state index contributed by atoms with van der Waals surface area (Å²) in [6.45, 7) is 5.07. The van der Waals surface area contributed by atoms with Gasteiger partial charge in [-0.3, -0.25) is 4.90 Å². The second-order valence-corrected chi connectivity index (χ2v) is 5.49. The lowest BCUT2D eigenvalue weighted by Crippen LogP contribution is -2.47. The molecule has 3 atom stereocenters. The molecule has 2 rings (SSSR count). The molecule has 1 saturated heterocycles. The van der Waals surface area contributed by atoms with E-state index in [-0.39, 0.29) is 0 Å². The van der Waals surface area contributed by atoms with Crippen LogP contribution in [-0.4, -0.2) is 37.1 Å². The summed E-state index contributed by atoms with van der Waals surface area (Å²) in [4.78, 5) is 2.75. The quantitative estimate of drug-likeness (QED) is 0.703. The molecule has 3 unspecified atom stereocenters. The van der Waals surface area contributed by atoms with E-state index in [0.29, 0.717) is 0 Å². The smallest absolute Gasteiger partial charge is 0.0249 e. The maximum absolute atomic E-state index is 3.54. The maximum Gasteiger partial charge on any atom is 0.0249 e. The minimum absolute atomic E-state index is 0.748. The van der Waals surface area contributed by atoms with Gasteiger partial charge < -0.3 is 5.32 Å². The largest absolute Gasteiger partial charge is 0.315 e. The zero-order chi connectivity index (χ0) is 10.7. The Morgan fingerprint density at radius 1 is 1.07 bits per heavy atom. The third kappa shape index (κ3) is 2.73. The summed E-state index contributed by atoms with van der Waals surface area (Å²) in [7, 11) is 2.14. The molecule has 2 fully saturated rings. The standard InChI is InChI=1S/C13H26N2/c1-11-8-9-15(10-11)13-7-5-3-4-6-12(13)14-2/h11-14H,3-10H2,1-2H3. The van der Waals surface area contributed by atoms with E-state index >= 15 is 0 Å². The highest BCUT2D eigenvalue weighted by Gasteiger charge is 2.31. The number of rotatable bonds is 2. The molecule has 1 N–H and O–H groups in total. The SMILES string of the molecule is CNC1CCCCCC1N1CCC(C)C1. The predicted molar refractivity (Wildman–Crippen MR) is 65.1 cm³/mol. The van der Waals surface area contributed by atoms with Gasteiger partial charge in [0.2, 0.25) is 0 Å². The molecule has 1 aliphatic carbocycles. The molecule has 1 aliphatic heterocycles. The maximum atomic E-state index is 3.54. The number of likely N-dealkylation sites (tertiary alicyclic amines) is 1. The van der Waals surface area contributed by atoms with Crippen molar-refractivity contribution in [3.8, 4) is 0 Å². The Bertz CT molecular complexity index is 193. The molecule has 2 heteroatoms. The van der Waals surface area contributed by atoms with Crippen molar-refractivity contribution in [2.24, 2.45) is 5.92 Å². The first-order valence-corrected chi connectivity index (χ1v) is 6.72. The van der Waals surface area contributed by atoms with Crippen LogP contribution in [0.5, 0.6) is 0 Å². The summed E-state index contributed by atoms with van der Waals surface area (Å²) in [6.07, 6.45) is 8.51. The van der Waals surface area contributed by atoms with Crippen LogP contribution in [0.3, 0.4) is 0 Å². The van der Waals surface area contributed by atoms with E-state index in [2.05, 4.69) is 24.2 Å². The average molecular weight is 210 g/mol. The predicted octanol–water partition coefficient (Wildman–Crippen LogP) is 2.25. The highest BCUT2D eigenvalue weighted by Crippen LogP contribution is 2.27. The molecule has 1 heterocycles. The zero-order valence-corrected chi connectivity index (χ0v) is 10.3. The topological polar surface area (TPSA) is 15.3 Å². The minimum Gasteiger partial charge on any atom is -0.315 e. The van der Waals surface area contributed by atoms with E-state index in [1.54, 1.807) is 0 Å². The molecule has 2 aliphatic rings. The van der Waals surface area contributed by atoms with Crippen LogP contribution in [0.15, 0.2) is 0 Å². The van der Waals surface area contributed by atoms with Crippen molar-refractivity contribution in [2.75, 3.05) is 20.1 Å². The van der Waals surface area contributed by atoms with Crippen LogP contribution in [0.1, 0.15) is 45.4 Å². The normalized spacial score (nSPS) is 39.2. The van der Waals surface area contributed by atoms with Gasteiger partial charge in [0.1, 0.15) is 0 Å². The lowest BCUT2D eigenvalue weighted by molar-refractivity contribution is 0.181. The Morgan fingerprint density at radius 3 is 2.53 bits per heavy atom. The van der Waals surface area contributed by atoms with Crippen LogP contribution in [0.25, 0.3) is 0 Å². The molecule has 15 heavy (non-hydrogen) atoms. The Labute approximate surface area is 94.4 Å². The first-order chi connectivity index (χ1) is 7.31. The zero-order valence-electron chi connectivity index (χ0n) is 10.3. The van der Waals surface area contributed by atoms with Crippen molar-refractivity contribution in [2.45, 2.75) is 57.5 Å². The second kappa shape index (κ2) is 5.31. The highest BCUT2D eigenvalue weighted by atomic mass is 15.2. The third-order valence-electron chi connectivity index (χ3n) is 4.27. The summed E-state index contributed by atoms with van der Waals surface area (Å²) in [5, 5.41) is 3.54. The molecule has 88 valence electrons. The van der Waals surface area contributed by atoms with Crippen molar-refractivity contribution in [3.63, 3.8) is 0 Å². The Balaban J connectivity index is 1.96. The number of nitrogens with zero attached hydrogens (tertiary/aromatic N) is 1. The van der Waals surface area contributed by atoms with E-state index < -0.39 is 0 Å². The van der Waals surface area contributed by atoms with Crippen LogP contribution >= 0.6 is 0 Å². The molecule has 0 aromatic heterocycles. The fraction of sp³-hybridized carbons (Fsp3) is 1.00. The van der Waals surface area contributed by atoms with Crippen LogP contribution in [0, 0.1) is 5.92 Å². The van der Waals surface area contributed by atoms with Crippen molar-refractivity contribution >= 4 is 0 Å². The van der Waals surface area contributed by atoms with Gasteiger partial charge in [-0.05, 0) is 38.8 Å². The van der Waals surface area contributed by atoms with E-state index in [0.717, 1.165) is 18.0 Å². The molecule has 0 aromatic rings. The molecule has 0 amide bonds. The van der Waals surface area contributed by atoms with Crippen LogP contribution in [0.4, 0.5) is 0 Å². The van der Waals surface area contributed by atoms with E-state index in [1.165, 1.54) is 51.6 Å². The van der Waals surface area contributed by atoms with Crippen molar-refractivity contribution < 1.29 is 0 Å². The van der Waals surface area contributed by atoms with E-state index in [1.807, 2.05) is 0 Å². The Kier molecular flexibility index (Phi) is 4.04. The molecule has 0 spiro atoms. The van der Waals surface area contributed by atoms with Crippen molar-refractivity contribution in [3.05, 3.63) is 0 Å². The summed E-state index contributed by atoms with van der Waals surface area (Å²) >= 11 is 0. The third-order valence-corrected chi connectivity index (χ3v) is 4.27. The monoisotopic (exact) mass is 210 g/mol. The Hall–Kier alpha value is -0.0800. The molecule has 0 aromatic carbocycles. The van der Waals surface area contributed by atoms with Gasteiger partial charge in [0, 0.05) is 18.6 Å². The van der Waals surface area contributed by atoms with Gasteiger partial charge in [-0.25, -0.2) is 0 Å². The summed E-state index contributed by atoms with van der Waals surface area (Å²) in [6, 6.07) is 1.57. The van der Waals surface area contributed by atoms with Gasteiger partial charge in [-0.2, -0.15) is 0 Å². The van der Waals surface area contributed by atoms with Gasteiger partial charge in [-0.15, -0.1) is 0 Å². The molecular formula is C13H26N2. The van der Waals surface area contributed by atoms with Crippen LogP contribution in [-0.2, 0) is 0 Å². The first kappa shape index (κ1) is 11.4. The van der Waals surface area contributed by atoms with Gasteiger partial charge in [0.05, 0.1) is 0 Å². The number of nitrogens with one attached hydrogen (secondary N) is 1. The van der Waals surface area contributed by atoms with Crippen LogP contribution in [0.2, 0.25) is 0 Å². The van der Waals surface area contributed by atoms with E-state index in [9.17, 15) is 0 Å². The lowest BCUT2D eigenvalue weighted by atomic mass is 10.0. The Morgan fingerprint density at radius 2 is 1.87 bits per heavy atom. The number of hydrogen-bond acceptors (Lipinski definition) is 2. The molecular weight excluding hydrogens is 184 g/mol. The van der Waals surface area contributed by atoms with Gasteiger partial charge >= 0.3 is 0 Å². The fourth-order valence-corrected chi connectivity index (χ4v) is 3.33. The van der Waals surface area contributed by atoms with Crippen molar-refractivity contribution in [1.29, 1.82) is 0 Å². The number of likely N-dealkylation sites (N-methyl/N-ethyl adjacent to an activating group) is 1. The fourth-order valence-electron chi connectivity index (χ4n) is 3.33.